The molecule has 0 aliphatic heterocycles. The van der Waals surface area contributed by atoms with Crippen LogP contribution in [0.1, 0.15) is 33.7 Å². The van der Waals surface area contributed by atoms with Gasteiger partial charge >= 0.3 is 0 Å². The van der Waals surface area contributed by atoms with E-state index in [1.54, 1.807) is 0 Å². The summed E-state index contributed by atoms with van der Waals surface area (Å²) in [6, 6.07) is -0.0297. The molecule has 0 unspecified atom stereocenters. The molecule has 0 atom stereocenters. The third-order valence-electron chi connectivity index (χ3n) is 2.62. The molecule has 102 valence electrons. The highest BCUT2D eigenvalue weighted by molar-refractivity contribution is 6.32. The summed E-state index contributed by atoms with van der Waals surface area (Å²) in [5, 5.41) is 16.4. The number of aromatic nitrogens is 2. The maximum absolute atomic E-state index is 11.9. The van der Waals surface area contributed by atoms with Crippen LogP contribution in [-0.4, -0.2) is 28.0 Å². The van der Waals surface area contributed by atoms with E-state index in [0.29, 0.717) is 12.2 Å². The molecule has 0 aromatic carbocycles. The molecular formula is C12H20ClN3O2. The Morgan fingerprint density at radius 1 is 1.56 bits per heavy atom. The van der Waals surface area contributed by atoms with Crippen LogP contribution in [0.4, 0.5) is 5.69 Å². The highest BCUT2D eigenvalue weighted by Gasteiger charge is 2.18. The van der Waals surface area contributed by atoms with Crippen LogP contribution in [0.2, 0.25) is 5.02 Å². The van der Waals surface area contributed by atoms with Crippen molar-refractivity contribution in [2.75, 3.05) is 18.5 Å². The van der Waals surface area contributed by atoms with Gasteiger partial charge in [0.2, 0.25) is 0 Å². The van der Waals surface area contributed by atoms with Crippen molar-refractivity contribution in [1.82, 2.24) is 9.78 Å². The normalized spacial score (nSPS) is 11.9. The fourth-order valence-corrected chi connectivity index (χ4v) is 1.53. The summed E-state index contributed by atoms with van der Waals surface area (Å²) in [6.07, 6.45) is 1.54. The Kier molecular flexibility index (Phi) is 4.76. The number of anilines is 1. The van der Waals surface area contributed by atoms with Gasteiger partial charge in [0, 0.05) is 18.6 Å². The van der Waals surface area contributed by atoms with Gasteiger partial charge in [0.05, 0.1) is 17.9 Å². The Hall–Kier alpha value is -1.07. The lowest BCUT2D eigenvalue weighted by atomic mass is 9.95. The lowest BCUT2D eigenvalue weighted by Gasteiger charge is -2.23. The number of nitrogens with zero attached hydrogens (tertiary/aromatic N) is 2. The van der Waals surface area contributed by atoms with Crippen LogP contribution < -0.4 is 10.9 Å². The van der Waals surface area contributed by atoms with Crippen molar-refractivity contribution in [1.29, 1.82) is 0 Å². The van der Waals surface area contributed by atoms with Crippen molar-refractivity contribution in [3.05, 3.63) is 21.6 Å². The van der Waals surface area contributed by atoms with Crippen molar-refractivity contribution >= 4 is 17.3 Å². The number of aliphatic hydroxyl groups excluding tert-OH is 1. The first-order chi connectivity index (χ1) is 8.28. The summed E-state index contributed by atoms with van der Waals surface area (Å²) < 4.78 is 1.34. The molecule has 5 nitrogen and oxygen atoms in total. The summed E-state index contributed by atoms with van der Waals surface area (Å²) in [5.41, 5.74) is -0.0884. The molecule has 0 radical (unpaired) electrons. The third-order valence-corrected chi connectivity index (χ3v) is 2.98. The maximum Gasteiger partial charge on any atom is 0.287 e. The minimum absolute atomic E-state index is 0.0297. The van der Waals surface area contributed by atoms with Gasteiger partial charge in [-0.25, -0.2) is 4.68 Å². The van der Waals surface area contributed by atoms with Gasteiger partial charge in [-0.2, -0.15) is 5.10 Å². The number of aliphatic hydroxyl groups is 1. The Labute approximate surface area is 112 Å². The minimum Gasteiger partial charge on any atom is -0.396 e. The summed E-state index contributed by atoms with van der Waals surface area (Å²) in [7, 11) is 0. The van der Waals surface area contributed by atoms with Gasteiger partial charge in [-0.15, -0.1) is 0 Å². The summed E-state index contributed by atoms with van der Waals surface area (Å²) >= 11 is 6.02. The van der Waals surface area contributed by atoms with E-state index in [0.717, 1.165) is 0 Å². The van der Waals surface area contributed by atoms with Gasteiger partial charge in [0.15, 0.2) is 0 Å². The van der Waals surface area contributed by atoms with Crippen molar-refractivity contribution < 1.29 is 5.11 Å². The van der Waals surface area contributed by atoms with Crippen LogP contribution in [0.25, 0.3) is 0 Å². The SMILES string of the molecule is CC(C)n1ncc(NCC(C)(C)CO)c(Cl)c1=O. The second kappa shape index (κ2) is 5.71. The molecule has 0 saturated carbocycles. The molecule has 0 bridgehead atoms. The third kappa shape index (κ3) is 3.46. The van der Waals surface area contributed by atoms with Gasteiger partial charge in [-0.05, 0) is 13.8 Å². The zero-order chi connectivity index (χ0) is 13.9. The van der Waals surface area contributed by atoms with Gasteiger partial charge < -0.3 is 10.4 Å². The molecule has 1 aromatic heterocycles. The van der Waals surface area contributed by atoms with Crippen molar-refractivity contribution in [2.24, 2.45) is 5.41 Å². The molecule has 2 N–H and O–H groups in total. The number of halogens is 1. The quantitative estimate of drug-likeness (QED) is 0.860. The lowest BCUT2D eigenvalue weighted by molar-refractivity contribution is 0.171. The first-order valence-electron chi connectivity index (χ1n) is 5.90. The van der Waals surface area contributed by atoms with E-state index >= 15 is 0 Å². The summed E-state index contributed by atoms with van der Waals surface area (Å²) in [4.78, 5) is 11.9. The van der Waals surface area contributed by atoms with E-state index < -0.39 is 0 Å². The molecule has 6 heteroatoms. The molecule has 0 saturated heterocycles. The van der Waals surface area contributed by atoms with Crippen LogP contribution >= 0.6 is 11.6 Å². The monoisotopic (exact) mass is 273 g/mol. The molecule has 1 aromatic rings. The largest absolute Gasteiger partial charge is 0.396 e. The fraction of sp³-hybridized carbons (Fsp3) is 0.667. The van der Waals surface area contributed by atoms with E-state index in [1.807, 2.05) is 27.7 Å². The van der Waals surface area contributed by atoms with E-state index in [9.17, 15) is 4.79 Å². The predicted molar refractivity (Wildman–Crippen MR) is 73.2 cm³/mol. The molecule has 0 fully saturated rings. The van der Waals surface area contributed by atoms with Gasteiger partial charge in [0.1, 0.15) is 5.02 Å². The molecule has 0 aliphatic carbocycles. The zero-order valence-corrected chi connectivity index (χ0v) is 12.0. The molecule has 0 amide bonds. The van der Waals surface area contributed by atoms with Crippen LogP contribution in [-0.2, 0) is 0 Å². The highest BCUT2D eigenvalue weighted by Crippen LogP contribution is 2.20. The summed E-state index contributed by atoms with van der Waals surface area (Å²) in [5.74, 6) is 0. The van der Waals surface area contributed by atoms with Crippen molar-refractivity contribution in [3.63, 3.8) is 0 Å². The number of hydrogen-bond donors (Lipinski definition) is 2. The molecule has 18 heavy (non-hydrogen) atoms. The van der Waals surface area contributed by atoms with Crippen molar-refractivity contribution in [2.45, 2.75) is 33.7 Å². The predicted octanol–water partition coefficient (Wildman–Crippen LogP) is 1.91. The van der Waals surface area contributed by atoms with Crippen LogP contribution in [0.5, 0.6) is 0 Å². The number of rotatable bonds is 5. The minimum atomic E-state index is -0.307. The highest BCUT2D eigenvalue weighted by atomic mass is 35.5. The molecule has 0 spiro atoms. The Morgan fingerprint density at radius 3 is 2.67 bits per heavy atom. The lowest BCUT2D eigenvalue weighted by Crippen LogP contribution is -2.29. The average Bonchev–Trinajstić information content (AvgIpc) is 2.30. The van der Waals surface area contributed by atoms with Crippen LogP contribution in [0.15, 0.2) is 11.0 Å². The maximum atomic E-state index is 11.9. The van der Waals surface area contributed by atoms with E-state index in [2.05, 4.69) is 10.4 Å². The topological polar surface area (TPSA) is 67.2 Å². The van der Waals surface area contributed by atoms with E-state index in [1.165, 1.54) is 10.9 Å². The summed E-state index contributed by atoms with van der Waals surface area (Å²) in [6.45, 7) is 8.12. The second-order valence-corrected chi connectivity index (χ2v) is 5.77. The average molecular weight is 274 g/mol. The van der Waals surface area contributed by atoms with Gasteiger partial charge in [0.25, 0.3) is 5.56 Å². The molecule has 1 heterocycles. The Balaban J connectivity index is 2.93. The van der Waals surface area contributed by atoms with Crippen LogP contribution in [0.3, 0.4) is 0 Å². The van der Waals surface area contributed by atoms with Crippen molar-refractivity contribution in [3.8, 4) is 0 Å². The number of nitrogens with one attached hydrogen (secondary N) is 1. The first kappa shape index (κ1) is 15.0. The number of hydrogen-bond acceptors (Lipinski definition) is 4. The first-order valence-corrected chi connectivity index (χ1v) is 6.28. The molecule has 1 rings (SSSR count). The fourth-order valence-electron chi connectivity index (χ4n) is 1.33. The van der Waals surface area contributed by atoms with E-state index in [-0.39, 0.29) is 28.6 Å². The Bertz CT molecular complexity index is 469. The molecule has 0 aliphatic rings. The Morgan fingerprint density at radius 2 is 2.17 bits per heavy atom. The second-order valence-electron chi connectivity index (χ2n) is 5.39. The standard InChI is InChI=1S/C12H20ClN3O2/c1-8(2)16-11(18)10(13)9(5-15-16)14-6-12(3,4)7-17/h5,8,14,17H,6-7H2,1-4H3. The van der Waals surface area contributed by atoms with E-state index in [4.69, 9.17) is 16.7 Å². The van der Waals surface area contributed by atoms with Gasteiger partial charge in [-0.3, -0.25) is 4.79 Å². The zero-order valence-electron chi connectivity index (χ0n) is 11.2. The van der Waals surface area contributed by atoms with Gasteiger partial charge in [-0.1, -0.05) is 25.4 Å². The smallest absolute Gasteiger partial charge is 0.287 e. The molecular weight excluding hydrogens is 254 g/mol. The van der Waals surface area contributed by atoms with Crippen LogP contribution in [0, 0.1) is 5.41 Å².